The van der Waals surface area contributed by atoms with E-state index >= 15 is 0 Å². The number of thioether (sulfide) groups is 1. The minimum atomic E-state index is -4.22. The average Bonchev–Trinajstić information content (AvgIpc) is 2.97. The maximum atomic E-state index is 14.0. The summed E-state index contributed by atoms with van der Waals surface area (Å²) in [5, 5.41) is 20.5. The van der Waals surface area contributed by atoms with Crippen molar-refractivity contribution in [1.82, 2.24) is 0 Å². The third kappa shape index (κ3) is 5.92. The highest BCUT2D eigenvalue weighted by atomic mass is 32.2. The molecule has 1 aliphatic rings. The number of nitriles is 2. The molecule has 0 spiro atoms. The topological polar surface area (TPSA) is 95.6 Å². The first-order chi connectivity index (χ1) is 19.5. The number of anilines is 2. The van der Waals surface area contributed by atoms with Gasteiger partial charge in [0.15, 0.2) is 5.09 Å². The Kier molecular flexibility index (Phi) is 8.55. The molecule has 0 radical (unpaired) electrons. The zero-order valence-corrected chi connectivity index (χ0v) is 23.5. The Morgan fingerprint density at radius 3 is 1.95 bits per heavy atom. The summed E-state index contributed by atoms with van der Waals surface area (Å²) in [6.07, 6.45) is 0.0181. The van der Waals surface area contributed by atoms with Gasteiger partial charge in [0.05, 0.1) is 38.2 Å². The van der Waals surface area contributed by atoms with Crippen molar-refractivity contribution < 1.29 is 18.1 Å². The monoisotopic (exact) mass is 567 g/mol. The average molecular weight is 568 g/mol. The first kappa shape index (κ1) is 27.5. The van der Waals surface area contributed by atoms with Crippen LogP contribution >= 0.6 is 19.6 Å². The van der Waals surface area contributed by atoms with Gasteiger partial charge in [0.2, 0.25) is 0 Å². The summed E-state index contributed by atoms with van der Waals surface area (Å²) in [5.74, 6) is 0. The van der Waals surface area contributed by atoms with E-state index in [1.54, 1.807) is 0 Å². The number of hydrogen-bond acceptors (Lipinski definition) is 8. The number of phosphoric acid groups is 1. The van der Waals surface area contributed by atoms with Gasteiger partial charge < -0.3 is 9.42 Å². The van der Waals surface area contributed by atoms with Gasteiger partial charge in [0.1, 0.15) is 0 Å². The van der Waals surface area contributed by atoms with Gasteiger partial charge in [0.25, 0.3) is 0 Å². The summed E-state index contributed by atoms with van der Waals surface area (Å²) in [4.78, 5) is 2.98. The summed E-state index contributed by atoms with van der Waals surface area (Å²) < 4.78 is 31.3. The van der Waals surface area contributed by atoms with Crippen molar-refractivity contribution in [1.29, 1.82) is 10.5 Å². The maximum absolute atomic E-state index is 14.0. The predicted octanol–water partition coefficient (Wildman–Crippen LogP) is 8.42. The van der Waals surface area contributed by atoms with Crippen molar-refractivity contribution in [2.45, 2.75) is 17.7 Å². The molecule has 4 aromatic rings. The molecule has 0 N–H and O–H groups in total. The molecular formula is C31H26N3O4PS. The van der Waals surface area contributed by atoms with Crippen molar-refractivity contribution in [3.05, 3.63) is 107 Å². The van der Waals surface area contributed by atoms with Crippen molar-refractivity contribution in [2.24, 2.45) is 0 Å². The number of benzene rings is 4. The minimum absolute atomic E-state index is 0.00907. The van der Waals surface area contributed by atoms with Crippen LogP contribution in [0.3, 0.4) is 0 Å². The molecule has 0 bridgehead atoms. The van der Waals surface area contributed by atoms with Crippen molar-refractivity contribution >= 4 is 47.3 Å². The van der Waals surface area contributed by atoms with Gasteiger partial charge in [-0.1, -0.05) is 78.5 Å². The first-order valence-corrected chi connectivity index (χ1v) is 15.0. The number of fused-ring (bicyclic) bond motifs is 3. The third-order valence-electron chi connectivity index (χ3n) is 6.33. The summed E-state index contributed by atoms with van der Waals surface area (Å²) in [6.45, 7) is -0.279. The summed E-state index contributed by atoms with van der Waals surface area (Å²) >= 11 is 1.32. The van der Waals surface area contributed by atoms with E-state index < -0.39 is 7.82 Å². The molecule has 0 aromatic heterocycles. The Morgan fingerprint density at radius 1 is 0.800 bits per heavy atom. The molecule has 0 saturated heterocycles. The number of para-hydroxylation sites is 2. The van der Waals surface area contributed by atoms with E-state index in [1.807, 2.05) is 104 Å². The molecule has 1 heterocycles. The lowest BCUT2D eigenvalue weighted by molar-refractivity contribution is 0.145. The molecule has 0 unspecified atom stereocenters. The lowest BCUT2D eigenvalue weighted by atomic mass is 9.91. The molecule has 4 aromatic carbocycles. The minimum Gasteiger partial charge on any atom is -0.396 e. The van der Waals surface area contributed by atoms with Gasteiger partial charge in [-0.05, 0) is 35.0 Å². The van der Waals surface area contributed by atoms with Gasteiger partial charge in [-0.3, -0.25) is 9.05 Å². The SMILES string of the molecule is CN1c2ccccc2C(=C(OP(=O)(OCCC#N)OCCC#N)Sc2ccc3ccccc3c2)c2ccccc21. The van der Waals surface area contributed by atoms with Crippen LogP contribution in [0.15, 0.2) is 101 Å². The smallest absolute Gasteiger partial charge is 0.396 e. The van der Waals surface area contributed by atoms with Crippen LogP contribution in [0, 0.1) is 22.7 Å². The number of hydrogen-bond donors (Lipinski definition) is 0. The van der Waals surface area contributed by atoms with Crippen LogP contribution in [-0.2, 0) is 18.1 Å². The number of phosphoric ester groups is 1. The van der Waals surface area contributed by atoms with Gasteiger partial charge >= 0.3 is 7.82 Å². The van der Waals surface area contributed by atoms with E-state index in [9.17, 15) is 4.57 Å². The van der Waals surface area contributed by atoms with Crippen LogP contribution in [0.5, 0.6) is 0 Å². The van der Waals surface area contributed by atoms with Crippen molar-refractivity contribution in [3.8, 4) is 12.1 Å². The molecule has 0 saturated carbocycles. The van der Waals surface area contributed by atoms with Crippen LogP contribution < -0.4 is 4.90 Å². The molecular weight excluding hydrogens is 541 g/mol. The summed E-state index contributed by atoms with van der Waals surface area (Å²) in [6, 6.07) is 34.0. The van der Waals surface area contributed by atoms with Crippen LogP contribution in [0.25, 0.3) is 16.3 Å². The first-order valence-electron chi connectivity index (χ1n) is 12.7. The second kappa shape index (κ2) is 12.4. The van der Waals surface area contributed by atoms with Gasteiger partial charge in [-0.15, -0.1) is 0 Å². The lowest BCUT2D eigenvalue weighted by Crippen LogP contribution is -2.18. The van der Waals surface area contributed by atoms with E-state index in [1.165, 1.54) is 11.8 Å². The van der Waals surface area contributed by atoms with Gasteiger partial charge in [-0.25, -0.2) is 4.57 Å². The second-order valence-corrected chi connectivity index (χ2v) is 11.5. The number of rotatable bonds is 10. The van der Waals surface area contributed by atoms with Crippen molar-refractivity contribution in [2.75, 3.05) is 25.2 Å². The van der Waals surface area contributed by atoms with Crippen molar-refractivity contribution in [3.63, 3.8) is 0 Å². The number of nitrogens with zero attached hydrogens (tertiary/aromatic N) is 3. The quantitative estimate of drug-likeness (QED) is 0.0816. The zero-order chi connectivity index (χ0) is 28.0. The largest absolute Gasteiger partial charge is 0.530 e. The van der Waals surface area contributed by atoms with E-state index in [4.69, 9.17) is 24.1 Å². The Labute approximate surface area is 237 Å². The van der Waals surface area contributed by atoms with Crippen LogP contribution in [0.4, 0.5) is 11.4 Å². The molecule has 40 heavy (non-hydrogen) atoms. The Morgan fingerprint density at radius 2 is 1.35 bits per heavy atom. The van der Waals surface area contributed by atoms with E-state index in [0.717, 1.165) is 43.7 Å². The van der Waals surface area contributed by atoms with Gasteiger partial charge in [0, 0.05) is 40.0 Å². The molecule has 0 fully saturated rings. The van der Waals surface area contributed by atoms with E-state index in [-0.39, 0.29) is 26.1 Å². The highest BCUT2D eigenvalue weighted by Gasteiger charge is 2.34. The van der Waals surface area contributed by atoms with E-state index in [0.29, 0.717) is 5.09 Å². The van der Waals surface area contributed by atoms with Crippen LogP contribution in [0.1, 0.15) is 24.0 Å². The fourth-order valence-corrected chi connectivity index (χ4v) is 6.89. The second-order valence-electron chi connectivity index (χ2n) is 8.89. The van der Waals surface area contributed by atoms with Crippen LogP contribution in [0.2, 0.25) is 0 Å². The Bertz CT molecular complexity index is 1640. The normalized spacial score (nSPS) is 12.3. The molecule has 0 aliphatic carbocycles. The van der Waals surface area contributed by atoms with Crippen LogP contribution in [-0.4, -0.2) is 20.3 Å². The summed E-state index contributed by atoms with van der Waals surface area (Å²) in [5.41, 5.74) is 4.46. The molecule has 5 rings (SSSR count). The zero-order valence-electron chi connectivity index (χ0n) is 21.8. The molecule has 0 atom stereocenters. The summed E-state index contributed by atoms with van der Waals surface area (Å²) in [7, 11) is -2.21. The molecule has 1 aliphatic heterocycles. The molecule has 200 valence electrons. The highest BCUT2D eigenvalue weighted by Crippen LogP contribution is 2.57. The lowest BCUT2D eigenvalue weighted by Gasteiger charge is -2.33. The maximum Gasteiger partial charge on any atom is 0.530 e. The Hall–Kier alpha value is -4.04. The fraction of sp³-hybridized carbons (Fsp3) is 0.161. The highest BCUT2D eigenvalue weighted by molar-refractivity contribution is 8.03. The molecule has 0 amide bonds. The molecule has 9 heteroatoms. The molecule has 7 nitrogen and oxygen atoms in total. The van der Waals surface area contributed by atoms with Gasteiger partial charge in [-0.2, -0.15) is 10.5 Å². The van der Waals surface area contributed by atoms with E-state index in [2.05, 4.69) is 11.0 Å². The Balaban J connectivity index is 1.68. The standard InChI is InChI=1S/C31H26N3O4PS/c1-34-28-14-6-4-12-26(28)30(27-13-5-7-15-29(27)34)31(38-39(35,36-20-8-18-32)37-21-9-19-33)40-25-17-16-23-10-2-3-11-24(23)22-25/h2-7,10-17,22H,8-9,20-21H2,1H3. The predicted molar refractivity (Wildman–Crippen MR) is 158 cm³/mol. The third-order valence-corrected chi connectivity index (χ3v) is 8.82. The fourth-order valence-electron chi connectivity index (χ4n) is 4.50.